The van der Waals surface area contributed by atoms with E-state index in [1.54, 1.807) is 0 Å². The topological polar surface area (TPSA) is 82.6 Å². The van der Waals surface area contributed by atoms with Gasteiger partial charge in [-0.05, 0) is 16.5 Å². The van der Waals surface area contributed by atoms with Crippen LogP contribution in [0, 0.1) is 0 Å². The molecule has 1 rings (SSSR count). The first-order valence-corrected chi connectivity index (χ1v) is 5.27. The predicted molar refractivity (Wildman–Crippen MR) is 45.7 cm³/mol. The molecule has 0 atom stereocenters. The molecule has 0 aliphatic carbocycles. The molecule has 0 saturated heterocycles. The number of alkyl halides is 3. The second kappa shape index (κ2) is 4.67. The van der Waals surface area contributed by atoms with Gasteiger partial charge in [-0.2, -0.15) is 21.6 Å². The SMILES string of the molecule is O=C(OOS(=O)(=O)C(F)(F)F)c1ccccn1. The molecule has 1 aromatic rings. The molecule has 0 spiro atoms. The Balaban J connectivity index is 2.68. The van der Waals surface area contributed by atoms with Gasteiger partial charge in [-0.15, -0.1) is 0 Å². The van der Waals surface area contributed by atoms with Gasteiger partial charge in [-0.1, -0.05) is 6.07 Å². The van der Waals surface area contributed by atoms with Crippen LogP contribution in [0.25, 0.3) is 0 Å². The van der Waals surface area contributed by atoms with Crippen molar-refractivity contribution in [3.8, 4) is 0 Å². The van der Waals surface area contributed by atoms with Crippen molar-refractivity contribution in [2.24, 2.45) is 0 Å². The largest absolute Gasteiger partial charge is 0.526 e. The first-order valence-electron chi connectivity index (χ1n) is 3.87. The summed E-state index contributed by atoms with van der Waals surface area (Å²) in [7, 11) is -5.97. The van der Waals surface area contributed by atoms with Crippen molar-refractivity contribution in [1.82, 2.24) is 4.98 Å². The van der Waals surface area contributed by atoms with Gasteiger partial charge in [0, 0.05) is 6.20 Å². The van der Waals surface area contributed by atoms with Gasteiger partial charge in [0.15, 0.2) is 5.69 Å². The second-order valence-corrected chi connectivity index (χ2v) is 4.06. The van der Waals surface area contributed by atoms with Crippen LogP contribution >= 0.6 is 0 Å². The molecule has 1 heterocycles. The summed E-state index contributed by atoms with van der Waals surface area (Å²) in [5.74, 6) is -1.46. The number of halogens is 3. The Morgan fingerprint density at radius 2 is 1.94 bits per heavy atom. The van der Waals surface area contributed by atoms with E-state index in [4.69, 9.17) is 0 Å². The van der Waals surface area contributed by atoms with Crippen molar-refractivity contribution >= 4 is 16.1 Å². The van der Waals surface area contributed by atoms with Gasteiger partial charge >= 0.3 is 21.6 Å². The van der Waals surface area contributed by atoms with Crippen molar-refractivity contribution in [3.63, 3.8) is 0 Å². The highest BCUT2D eigenvalue weighted by Crippen LogP contribution is 2.24. The lowest BCUT2D eigenvalue weighted by molar-refractivity contribution is -0.164. The molecule has 0 amide bonds. The average molecular weight is 271 g/mol. The van der Waals surface area contributed by atoms with Crippen LogP contribution in [0.5, 0.6) is 0 Å². The summed E-state index contributed by atoms with van der Waals surface area (Å²) in [6, 6.07) is 3.89. The molecule has 0 aliphatic rings. The molecule has 0 N–H and O–H groups in total. The van der Waals surface area contributed by atoms with E-state index >= 15 is 0 Å². The number of carbonyl (C=O) groups excluding carboxylic acids is 1. The Morgan fingerprint density at radius 3 is 2.41 bits per heavy atom. The molecule has 94 valence electrons. The first-order chi connectivity index (χ1) is 7.74. The zero-order valence-corrected chi connectivity index (χ0v) is 8.66. The zero-order chi connectivity index (χ0) is 13.1. The highest BCUT2D eigenvalue weighted by Gasteiger charge is 2.49. The molecule has 0 bridgehead atoms. The summed E-state index contributed by atoms with van der Waals surface area (Å²) >= 11 is 0. The molecule has 0 aliphatic heterocycles. The third-order valence-electron chi connectivity index (χ3n) is 1.36. The Kier molecular flexibility index (Phi) is 3.68. The Bertz CT molecular complexity index is 498. The molecule has 0 saturated carbocycles. The van der Waals surface area contributed by atoms with E-state index in [1.807, 2.05) is 0 Å². The van der Waals surface area contributed by atoms with Crippen LogP contribution in [-0.4, -0.2) is 24.9 Å². The maximum atomic E-state index is 11.8. The van der Waals surface area contributed by atoms with E-state index in [0.29, 0.717) is 0 Å². The molecule has 10 heteroatoms. The average Bonchev–Trinajstić information content (AvgIpc) is 2.25. The number of aromatic nitrogens is 1. The van der Waals surface area contributed by atoms with Gasteiger partial charge in [-0.3, -0.25) is 4.89 Å². The molecule has 17 heavy (non-hydrogen) atoms. The van der Waals surface area contributed by atoms with E-state index in [1.165, 1.54) is 12.1 Å². The van der Waals surface area contributed by atoms with Gasteiger partial charge in [0.05, 0.1) is 0 Å². The molecular weight excluding hydrogens is 267 g/mol. The number of nitrogens with zero attached hydrogens (tertiary/aromatic N) is 1. The van der Waals surface area contributed by atoms with E-state index in [-0.39, 0.29) is 0 Å². The van der Waals surface area contributed by atoms with Crippen LogP contribution in [0.1, 0.15) is 10.5 Å². The van der Waals surface area contributed by atoms with Crippen molar-refractivity contribution in [3.05, 3.63) is 30.1 Å². The van der Waals surface area contributed by atoms with E-state index in [2.05, 4.69) is 14.2 Å². The summed E-state index contributed by atoms with van der Waals surface area (Å²) < 4.78 is 59.1. The molecule has 6 nitrogen and oxygen atoms in total. The highest BCUT2D eigenvalue weighted by atomic mass is 32.2. The van der Waals surface area contributed by atoms with Crippen LogP contribution in [0.2, 0.25) is 0 Å². The van der Waals surface area contributed by atoms with E-state index in [0.717, 1.165) is 12.3 Å². The fraction of sp³-hybridized carbons (Fsp3) is 0.143. The molecular formula is C7H4F3NO5S. The minimum Gasteiger partial charge on any atom is -0.274 e. The second-order valence-electron chi connectivity index (χ2n) is 2.55. The third kappa shape index (κ3) is 3.39. The fourth-order valence-electron chi connectivity index (χ4n) is 0.640. The lowest BCUT2D eigenvalue weighted by Gasteiger charge is -2.06. The van der Waals surface area contributed by atoms with Crippen molar-refractivity contribution in [2.75, 3.05) is 0 Å². The summed E-state index contributed by atoms with van der Waals surface area (Å²) in [5, 5.41) is 0. The highest BCUT2D eigenvalue weighted by molar-refractivity contribution is 7.87. The van der Waals surface area contributed by atoms with Gasteiger partial charge in [-0.25, -0.2) is 9.78 Å². The lowest BCUT2D eigenvalue weighted by atomic mass is 10.4. The van der Waals surface area contributed by atoms with Gasteiger partial charge in [0.1, 0.15) is 0 Å². The van der Waals surface area contributed by atoms with Crippen molar-refractivity contribution in [2.45, 2.75) is 5.51 Å². The molecule has 1 aromatic heterocycles. The summed E-state index contributed by atoms with van der Waals surface area (Å²) in [6.07, 6.45) is 1.16. The van der Waals surface area contributed by atoms with Gasteiger partial charge in [0.2, 0.25) is 0 Å². The Hall–Kier alpha value is -1.68. The normalized spacial score (nSPS) is 12.2. The maximum Gasteiger partial charge on any atom is 0.526 e. The number of rotatable bonds is 3. The predicted octanol–water partition coefficient (Wildman–Crippen LogP) is 1.02. The van der Waals surface area contributed by atoms with Crippen molar-refractivity contribution in [1.29, 1.82) is 0 Å². The van der Waals surface area contributed by atoms with Crippen LogP contribution in [0.15, 0.2) is 24.4 Å². The van der Waals surface area contributed by atoms with Crippen LogP contribution in [0.3, 0.4) is 0 Å². The summed E-state index contributed by atoms with van der Waals surface area (Å²) in [4.78, 5) is 17.9. The monoisotopic (exact) mass is 271 g/mol. The first kappa shape index (κ1) is 13.4. The molecule has 0 fully saturated rings. The number of pyridine rings is 1. The summed E-state index contributed by atoms with van der Waals surface area (Å²) in [6.45, 7) is 0. The Labute approximate surface area is 93.0 Å². The van der Waals surface area contributed by atoms with Crippen LogP contribution in [0.4, 0.5) is 13.2 Å². The van der Waals surface area contributed by atoms with Gasteiger partial charge < -0.3 is 0 Å². The lowest BCUT2D eigenvalue weighted by Crippen LogP contribution is -2.26. The smallest absolute Gasteiger partial charge is 0.274 e. The standard InChI is InChI=1S/C7H4F3NO5S/c8-7(9,10)17(13,14)16-15-6(12)5-3-1-2-4-11-5/h1-4H. The number of carbonyl (C=O) groups is 1. The molecule has 0 radical (unpaired) electrons. The minimum atomic E-state index is -5.97. The van der Waals surface area contributed by atoms with Gasteiger partial charge in [0.25, 0.3) is 0 Å². The van der Waals surface area contributed by atoms with Crippen LogP contribution in [-0.2, 0) is 19.3 Å². The minimum absolute atomic E-state index is 0.398. The van der Waals surface area contributed by atoms with E-state index < -0.39 is 27.3 Å². The maximum absolute atomic E-state index is 11.8. The van der Waals surface area contributed by atoms with Crippen LogP contribution < -0.4 is 0 Å². The number of hydrogen-bond donors (Lipinski definition) is 0. The quantitative estimate of drug-likeness (QED) is 0.463. The molecule has 0 unspecified atom stereocenters. The number of hydrogen-bond acceptors (Lipinski definition) is 6. The zero-order valence-electron chi connectivity index (χ0n) is 7.84. The third-order valence-corrected chi connectivity index (χ3v) is 2.17. The summed E-state index contributed by atoms with van der Waals surface area (Å²) in [5.41, 5.74) is -6.07. The van der Waals surface area contributed by atoms with E-state index in [9.17, 15) is 26.4 Å². The molecule has 0 aromatic carbocycles. The van der Waals surface area contributed by atoms with Crippen molar-refractivity contribution < 1.29 is 35.6 Å². The Morgan fingerprint density at radius 1 is 1.29 bits per heavy atom. The fourth-order valence-corrected chi connectivity index (χ4v) is 0.869.